The molecule has 0 saturated carbocycles. The van der Waals surface area contributed by atoms with Crippen LogP contribution in [0.15, 0.2) is 47.6 Å². The maximum absolute atomic E-state index is 13.0. The van der Waals surface area contributed by atoms with Crippen molar-refractivity contribution in [2.75, 3.05) is 13.7 Å². The van der Waals surface area contributed by atoms with Gasteiger partial charge in [0.25, 0.3) is 5.91 Å². The Hall–Kier alpha value is -2.88. The first-order valence-corrected chi connectivity index (χ1v) is 9.21. The van der Waals surface area contributed by atoms with E-state index < -0.39 is 6.10 Å². The number of oxime groups is 1. The molecule has 1 amide bonds. The van der Waals surface area contributed by atoms with E-state index in [0.29, 0.717) is 29.1 Å². The molecular formula is C21H20ClN3O3. The summed E-state index contributed by atoms with van der Waals surface area (Å²) in [4.78, 5) is 19.4. The summed E-state index contributed by atoms with van der Waals surface area (Å²) in [5.41, 5.74) is 3.17. The van der Waals surface area contributed by atoms with Gasteiger partial charge in [-0.15, -0.1) is 0 Å². The van der Waals surface area contributed by atoms with Gasteiger partial charge < -0.3 is 14.8 Å². The highest BCUT2D eigenvalue weighted by molar-refractivity contribution is 6.34. The van der Waals surface area contributed by atoms with Gasteiger partial charge in [0.05, 0.1) is 35.0 Å². The molecule has 1 N–H and O–H groups in total. The number of amides is 1. The van der Waals surface area contributed by atoms with Crippen LogP contribution in [0.5, 0.6) is 0 Å². The molecule has 0 aromatic heterocycles. The second kappa shape index (κ2) is 8.42. The van der Waals surface area contributed by atoms with Gasteiger partial charge >= 0.3 is 0 Å². The number of aliphatic hydroxyl groups excluding tert-OH is 1. The van der Waals surface area contributed by atoms with E-state index in [0.717, 1.165) is 16.8 Å². The van der Waals surface area contributed by atoms with Crippen LogP contribution in [0.25, 0.3) is 11.1 Å². The van der Waals surface area contributed by atoms with Gasteiger partial charge in [-0.05, 0) is 30.7 Å². The van der Waals surface area contributed by atoms with Crippen molar-refractivity contribution in [1.82, 2.24) is 4.90 Å². The van der Waals surface area contributed by atoms with Crippen LogP contribution in [0.4, 0.5) is 0 Å². The van der Waals surface area contributed by atoms with Crippen LogP contribution in [-0.2, 0) is 4.84 Å². The van der Waals surface area contributed by atoms with E-state index in [1.54, 1.807) is 48.2 Å². The summed E-state index contributed by atoms with van der Waals surface area (Å²) in [6, 6.07) is 14.0. The van der Waals surface area contributed by atoms with E-state index in [9.17, 15) is 9.90 Å². The fourth-order valence-corrected chi connectivity index (χ4v) is 3.66. The van der Waals surface area contributed by atoms with E-state index >= 15 is 0 Å². The molecular weight excluding hydrogens is 378 g/mol. The summed E-state index contributed by atoms with van der Waals surface area (Å²) in [6.07, 6.45) is -0.202. The molecule has 2 atom stereocenters. The fraction of sp³-hybridized carbons (Fsp3) is 0.286. The summed E-state index contributed by atoms with van der Waals surface area (Å²) in [7, 11) is 1.46. The van der Waals surface area contributed by atoms with Crippen molar-refractivity contribution in [2.45, 2.75) is 25.5 Å². The highest BCUT2D eigenvalue weighted by atomic mass is 35.5. The number of likely N-dealkylation sites (tertiary alicyclic amines) is 1. The lowest BCUT2D eigenvalue weighted by molar-refractivity contribution is 0.0538. The molecule has 1 saturated heterocycles. The van der Waals surface area contributed by atoms with E-state index in [-0.39, 0.29) is 11.9 Å². The van der Waals surface area contributed by atoms with Gasteiger partial charge in [0.15, 0.2) is 0 Å². The number of hydrogen-bond donors (Lipinski definition) is 1. The maximum Gasteiger partial charge on any atom is 0.254 e. The molecule has 7 heteroatoms. The average Bonchev–Trinajstić information content (AvgIpc) is 3.12. The van der Waals surface area contributed by atoms with Crippen LogP contribution in [-0.4, -0.2) is 47.4 Å². The average molecular weight is 398 g/mol. The first-order chi connectivity index (χ1) is 13.5. The first-order valence-electron chi connectivity index (χ1n) is 8.83. The van der Waals surface area contributed by atoms with Crippen molar-refractivity contribution >= 4 is 23.2 Å². The fourth-order valence-electron chi connectivity index (χ4n) is 3.38. The zero-order valence-electron chi connectivity index (χ0n) is 15.6. The molecule has 144 valence electrons. The normalized spacial score (nSPS) is 18.8. The van der Waals surface area contributed by atoms with Crippen LogP contribution < -0.4 is 0 Å². The molecule has 2 aromatic carbocycles. The lowest BCUT2D eigenvalue weighted by atomic mass is 10.0. The SMILES string of the molecule is CO/N=C1\C[C@@H](C(C)O)N(C(=O)c2ccc(-c3cccc(C#N)c3Cl)cc2)C1. The van der Waals surface area contributed by atoms with Crippen LogP contribution in [0.2, 0.25) is 5.02 Å². The monoisotopic (exact) mass is 397 g/mol. The third-order valence-corrected chi connectivity index (χ3v) is 5.21. The van der Waals surface area contributed by atoms with Gasteiger partial charge in [-0.3, -0.25) is 4.79 Å². The molecule has 0 aliphatic carbocycles. The number of rotatable bonds is 4. The Labute approximate surface area is 168 Å². The van der Waals surface area contributed by atoms with Gasteiger partial charge in [0.2, 0.25) is 0 Å². The molecule has 1 heterocycles. The molecule has 1 unspecified atom stereocenters. The van der Waals surface area contributed by atoms with Gasteiger partial charge in [-0.1, -0.05) is 41.0 Å². The van der Waals surface area contributed by atoms with Crippen LogP contribution in [0, 0.1) is 11.3 Å². The second-order valence-corrected chi connectivity index (χ2v) is 7.02. The minimum absolute atomic E-state index is 0.185. The summed E-state index contributed by atoms with van der Waals surface area (Å²) in [5, 5.41) is 23.5. The Morgan fingerprint density at radius 1 is 1.36 bits per heavy atom. The Morgan fingerprint density at radius 3 is 2.68 bits per heavy atom. The summed E-state index contributed by atoms with van der Waals surface area (Å²) < 4.78 is 0. The molecule has 0 spiro atoms. The summed E-state index contributed by atoms with van der Waals surface area (Å²) in [5.74, 6) is -0.185. The van der Waals surface area contributed by atoms with Crippen LogP contribution >= 0.6 is 11.6 Å². The first kappa shape index (κ1) is 19.9. The van der Waals surface area contributed by atoms with Crippen LogP contribution in [0.1, 0.15) is 29.3 Å². The zero-order chi connectivity index (χ0) is 20.3. The third kappa shape index (κ3) is 3.86. The predicted molar refractivity (Wildman–Crippen MR) is 107 cm³/mol. The topological polar surface area (TPSA) is 85.9 Å². The van der Waals surface area contributed by atoms with E-state index in [2.05, 4.69) is 11.2 Å². The highest BCUT2D eigenvalue weighted by Crippen LogP contribution is 2.31. The largest absolute Gasteiger partial charge is 0.399 e. The molecule has 1 aliphatic heterocycles. The minimum Gasteiger partial charge on any atom is -0.399 e. The van der Waals surface area contributed by atoms with E-state index in [4.69, 9.17) is 21.7 Å². The number of carbonyl (C=O) groups is 1. The van der Waals surface area contributed by atoms with Crippen molar-refractivity contribution < 1.29 is 14.7 Å². The number of aliphatic hydroxyl groups is 1. The van der Waals surface area contributed by atoms with Crippen molar-refractivity contribution in [3.8, 4) is 17.2 Å². The van der Waals surface area contributed by atoms with Crippen LogP contribution in [0.3, 0.4) is 0 Å². The van der Waals surface area contributed by atoms with Gasteiger partial charge in [-0.2, -0.15) is 5.26 Å². The zero-order valence-corrected chi connectivity index (χ0v) is 16.3. The number of carbonyl (C=O) groups excluding carboxylic acids is 1. The van der Waals surface area contributed by atoms with Crippen molar-refractivity contribution in [3.63, 3.8) is 0 Å². The number of halogens is 1. The Morgan fingerprint density at radius 2 is 2.07 bits per heavy atom. The predicted octanol–water partition coefficient (Wildman–Crippen LogP) is 3.48. The van der Waals surface area contributed by atoms with Crippen molar-refractivity contribution in [2.24, 2.45) is 5.16 Å². The van der Waals surface area contributed by atoms with Gasteiger partial charge in [0, 0.05) is 17.5 Å². The second-order valence-electron chi connectivity index (χ2n) is 6.64. The molecule has 28 heavy (non-hydrogen) atoms. The number of hydrogen-bond acceptors (Lipinski definition) is 5. The molecule has 6 nitrogen and oxygen atoms in total. The van der Waals surface area contributed by atoms with E-state index in [1.807, 2.05) is 6.07 Å². The molecule has 1 fully saturated rings. The lowest BCUT2D eigenvalue weighted by Gasteiger charge is -2.26. The molecule has 2 aromatic rings. The molecule has 3 rings (SSSR count). The number of nitrogens with zero attached hydrogens (tertiary/aromatic N) is 3. The summed E-state index contributed by atoms with van der Waals surface area (Å²) >= 11 is 6.30. The minimum atomic E-state index is -0.680. The quantitative estimate of drug-likeness (QED) is 0.800. The number of nitriles is 1. The van der Waals surface area contributed by atoms with Crippen molar-refractivity contribution in [3.05, 3.63) is 58.6 Å². The molecule has 0 radical (unpaired) electrons. The van der Waals surface area contributed by atoms with Gasteiger partial charge in [-0.25, -0.2) is 0 Å². The highest BCUT2D eigenvalue weighted by Gasteiger charge is 2.36. The smallest absolute Gasteiger partial charge is 0.254 e. The van der Waals surface area contributed by atoms with Gasteiger partial charge in [0.1, 0.15) is 13.2 Å². The Kier molecular flexibility index (Phi) is 5.98. The Balaban J connectivity index is 1.86. The maximum atomic E-state index is 13.0. The standard InChI is InChI=1S/C21H20ClN3O3/c1-13(26)19-10-17(24-28-2)12-25(19)21(27)15-8-6-14(7-9-15)18-5-3-4-16(11-23)20(18)22/h3-9,13,19,26H,10,12H2,1-2H3/b24-17+/t13?,19-/m0/s1. The number of benzene rings is 2. The Bertz CT molecular complexity index is 948. The van der Waals surface area contributed by atoms with E-state index in [1.165, 1.54) is 7.11 Å². The lowest BCUT2D eigenvalue weighted by Crippen LogP contribution is -2.41. The molecule has 1 aliphatic rings. The molecule has 0 bridgehead atoms. The van der Waals surface area contributed by atoms with Crippen molar-refractivity contribution in [1.29, 1.82) is 5.26 Å². The summed E-state index contributed by atoms with van der Waals surface area (Å²) in [6.45, 7) is 1.98. The third-order valence-electron chi connectivity index (χ3n) is 4.80.